The van der Waals surface area contributed by atoms with Gasteiger partial charge < -0.3 is 9.80 Å². The van der Waals surface area contributed by atoms with E-state index in [4.69, 9.17) is 0 Å². The normalized spacial score (nSPS) is 18.4. The molecule has 0 unspecified atom stereocenters. The van der Waals surface area contributed by atoms with Gasteiger partial charge in [0.15, 0.2) is 0 Å². The first-order chi connectivity index (χ1) is 12.0. The van der Waals surface area contributed by atoms with Gasteiger partial charge in [0.2, 0.25) is 11.8 Å². The summed E-state index contributed by atoms with van der Waals surface area (Å²) in [5, 5.41) is 0. The Bertz CT molecular complexity index is 590. The molecule has 0 N–H and O–H groups in total. The minimum atomic E-state index is 0.0573. The lowest BCUT2D eigenvalue weighted by atomic mass is 9.92. The summed E-state index contributed by atoms with van der Waals surface area (Å²) in [4.78, 5) is 33.3. The van der Waals surface area contributed by atoms with Gasteiger partial charge in [0.05, 0.1) is 12.2 Å². The van der Waals surface area contributed by atoms with Gasteiger partial charge in [-0.25, -0.2) is 0 Å². The fourth-order valence-electron chi connectivity index (χ4n) is 3.56. The summed E-state index contributed by atoms with van der Waals surface area (Å²) in [6.07, 6.45) is 6.48. The van der Waals surface area contributed by atoms with Crippen LogP contribution in [0, 0.1) is 11.8 Å². The highest BCUT2D eigenvalue weighted by Crippen LogP contribution is 2.30. The monoisotopic (exact) mass is 343 g/mol. The molecule has 1 aromatic heterocycles. The van der Waals surface area contributed by atoms with Gasteiger partial charge in [0, 0.05) is 37.7 Å². The molecule has 1 saturated heterocycles. The summed E-state index contributed by atoms with van der Waals surface area (Å²) < 4.78 is 0. The molecule has 1 aliphatic heterocycles. The molecule has 2 fully saturated rings. The van der Waals surface area contributed by atoms with E-state index >= 15 is 0 Å². The molecule has 0 aromatic carbocycles. The minimum absolute atomic E-state index is 0.0573. The van der Waals surface area contributed by atoms with Crippen molar-refractivity contribution in [3.05, 3.63) is 30.1 Å². The van der Waals surface area contributed by atoms with E-state index in [1.165, 1.54) is 0 Å². The van der Waals surface area contributed by atoms with Crippen LogP contribution in [0.5, 0.6) is 0 Å². The van der Waals surface area contributed by atoms with Crippen LogP contribution < -0.4 is 0 Å². The quantitative estimate of drug-likeness (QED) is 0.798. The van der Waals surface area contributed by atoms with E-state index in [9.17, 15) is 9.59 Å². The van der Waals surface area contributed by atoms with Crippen molar-refractivity contribution >= 4 is 11.8 Å². The third kappa shape index (κ3) is 4.80. The molecule has 2 amide bonds. The summed E-state index contributed by atoms with van der Waals surface area (Å²) in [6, 6.07) is 6.26. The summed E-state index contributed by atoms with van der Waals surface area (Å²) in [5.41, 5.74) is 0.958. The van der Waals surface area contributed by atoms with Crippen LogP contribution in [0.4, 0.5) is 0 Å². The molecule has 25 heavy (non-hydrogen) atoms. The number of nitrogens with zero attached hydrogens (tertiary/aromatic N) is 3. The number of hydrogen-bond acceptors (Lipinski definition) is 3. The molecule has 0 spiro atoms. The predicted octanol–water partition coefficient (Wildman–Crippen LogP) is 2.86. The van der Waals surface area contributed by atoms with Crippen LogP contribution >= 0.6 is 0 Å². The van der Waals surface area contributed by atoms with Crippen molar-refractivity contribution < 1.29 is 9.59 Å². The Morgan fingerprint density at radius 1 is 1.20 bits per heavy atom. The van der Waals surface area contributed by atoms with E-state index in [0.29, 0.717) is 24.9 Å². The molecule has 0 atom stereocenters. The number of pyridine rings is 1. The van der Waals surface area contributed by atoms with Crippen molar-refractivity contribution in [2.75, 3.05) is 13.1 Å². The molecule has 1 aliphatic carbocycles. The molecule has 0 radical (unpaired) electrons. The fraction of sp³-hybridized carbons (Fsp3) is 0.650. The van der Waals surface area contributed by atoms with Crippen molar-refractivity contribution in [3.63, 3.8) is 0 Å². The predicted molar refractivity (Wildman–Crippen MR) is 96.6 cm³/mol. The Balaban J connectivity index is 1.52. The summed E-state index contributed by atoms with van der Waals surface area (Å²) in [5.74, 6) is 0.942. The molecular formula is C20H29N3O2. The Kier molecular flexibility index (Phi) is 5.71. The van der Waals surface area contributed by atoms with Gasteiger partial charge in [-0.15, -0.1) is 0 Å². The summed E-state index contributed by atoms with van der Waals surface area (Å²) in [6.45, 7) is 6.10. The summed E-state index contributed by atoms with van der Waals surface area (Å²) in [7, 11) is 0. The fourth-order valence-corrected chi connectivity index (χ4v) is 3.56. The molecule has 2 aliphatic rings. The standard InChI is InChI=1S/C20H29N3O2/c1-15(2)20(25)22-11-8-16(9-12-22)13-19(24)23(18-6-7-18)14-17-5-3-4-10-21-17/h3-5,10,15-16,18H,6-9,11-14H2,1-2H3. The zero-order valence-electron chi connectivity index (χ0n) is 15.4. The first-order valence-corrected chi connectivity index (χ1v) is 9.52. The molecule has 3 rings (SSSR count). The minimum Gasteiger partial charge on any atom is -0.342 e. The highest BCUT2D eigenvalue weighted by molar-refractivity contribution is 5.78. The van der Waals surface area contributed by atoms with Crippen LogP contribution in [0.3, 0.4) is 0 Å². The number of likely N-dealkylation sites (tertiary alicyclic amines) is 1. The van der Waals surface area contributed by atoms with Gasteiger partial charge in [-0.1, -0.05) is 19.9 Å². The first-order valence-electron chi connectivity index (χ1n) is 9.52. The van der Waals surface area contributed by atoms with Crippen molar-refractivity contribution in [2.24, 2.45) is 11.8 Å². The average molecular weight is 343 g/mol. The van der Waals surface area contributed by atoms with Crippen LogP contribution in [0.1, 0.15) is 51.6 Å². The van der Waals surface area contributed by atoms with Crippen molar-refractivity contribution in [2.45, 2.75) is 58.5 Å². The van der Waals surface area contributed by atoms with E-state index in [0.717, 1.165) is 44.5 Å². The van der Waals surface area contributed by atoms with E-state index in [1.807, 2.05) is 41.8 Å². The highest BCUT2D eigenvalue weighted by atomic mass is 16.2. The second-order valence-corrected chi connectivity index (χ2v) is 7.70. The summed E-state index contributed by atoms with van der Waals surface area (Å²) >= 11 is 0. The van der Waals surface area contributed by atoms with Crippen LogP contribution in [0.2, 0.25) is 0 Å². The van der Waals surface area contributed by atoms with Crippen LogP contribution in [-0.2, 0) is 16.1 Å². The molecule has 136 valence electrons. The highest BCUT2D eigenvalue weighted by Gasteiger charge is 2.34. The van der Waals surface area contributed by atoms with Crippen LogP contribution in [0.15, 0.2) is 24.4 Å². The Morgan fingerprint density at radius 3 is 2.48 bits per heavy atom. The molecular weight excluding hydrogens is 314 g/mol. The van der Waals surface area contributed by atoms with Crippen molar-refractivity contribution in [1.29, 1.82) is 0 Å². The van der Waals surface area contributed by atoms with Crippen molar-refractivity contribution in [1.82, 2.24) is 14.8 Å². The van der Waals surface area contributed by atoms with Crippen LogP contribution in [-0.4, -0.2) is 45.7 Å². The average Bonchev–Trinajstić information content (AvgIpc) is 3.45. The van der Waals surface area contributed by atoms with Gasteiger partial charge in [-0.2, -0.15) is 0 Å². The molecule has 1 saturated carbocycles. The zero-order valence-corrected chi connectivity index (χ0v) is 15.4. The lowest BCUT2D eigenvalue weighted by molar-refractivity contribution is -0.136. The van der Waals surface area contributed by atoms with Crippen LogP contribution in [0.25, 0.3) is 0 Å². The number of piperidine rings is 1. The van der Waals surface area contributed by atoms with Gasteiger partial charge in [-0.05, 0) is 43.7 Å². The first kappa shape index (κ1) is 17.9. The van der Waals surface area contributed by atoms with Gasteiger partial charge in [0.1, 0.15) is 0 Å². The number of amides is 2. The largest absolute Gasteiger partial charge is 0.342 e. The number of rotatable bonds is 6. The lowest BCUT2D eigenvalue weighted by Gasteiger charge is -2.34. The molecule has 1 aromatic rings. The third-order valence-electron chi connectivity index (χ3n) is 5.25. The number of hydrogen-bond donors (Lipinski definition) is 0. The molecule has 5 nitrogen and oxygen atoms in total. The van der Waals surface area contributed by atoms with Crippen molar-refractivity contribution in [3.8, 4) is 0 Å². The third-order valence-corrected chi connectivity index (χ3v) is 5.25. The Hall–Kier alpha value is -1.91. The zero-order chi connectivity index (χ0) is 17.8. The maximum atomic E-state index is 12.8. The second-order valence-electron chi connectivity index (χ2n) is 7.70. The molecule has 2 heterocycles. The number of carbonyl (C=O) groups is 2. The maximum absolute atomic E-state index is 12.8. The maximum Gasteiger partial charge on any atom is 0.225 e. The lowest BCUT2D eigenvalue weighted by Crippen LogP contribution is -2.42. The molecule has 5 heteroatoms. The van der Waals surface area contributed by atoms with E-state index < -0.39 is 0 Å². The van der Waals surface area contributed by atoms with Gasteiger partial charge in [0.25, 0.3) is 0 Å². The Morgan fingerprint density at radius 2 is 1.92 bits per heavy atom. The smallest absolute Gasteiger partial charge is 0.225 e. The van der Waals surface area contributed by atoms with Gasteiger partial charge >= 0.3 is 0 Å². The van der Waals surface area contributed by atoms with E-state index in [2.05, 4.69) is 4.98 Å². The number of carbonyl (C=O) groups excluding carboxylic acids is 2. The van der Waals surface area contributed by atoms with Gasteiger partial charge in [-0.3, -0.25) is 14.6 Å². The topological polar surface area (TPSA) is 53.5 Å². The SMILES string of the molecule is CC(C)C(=O)N1CCC(CC(=O)N(Cc2ccccn2)C2CC2)CC1. The van der Waals surface area contributed by atoms with E-state index in [1.54, 1.807) is 6.20 Å². The van der Waals surface area contributed by atoms with E-state index in [-0.39, 0.29) is 17.7 Å². The second kappa shape index (κ2) is 7.98. The Labute approximate surface area is 150 Å². The number of aromatic nitrogens is 1. The molecule has 0 bridgehead atoms.